The second kappa shape index (κ2) is 3.03. The second-order valence-corrected chi connectivity index (χ2v) is 1.29. The monoisotopic (exact) mass is 133 g/mol. The lowest BCUT2D eigenvalue weighted by Crippen LogP contribution is -2.23. The molecule has 1 atom stereocenters. The number of hydrogen-bond donors (Lipinski definition) is 3. The normalized spacial score (nSPS) is 12.6. The van der Waals surface area contributed by atoms with Crippen molar-refractivity contribution >= 4 is 11.9 Å². The van der Waals surface area contributed by atoms with Crippen LogP contribution in [-0.2, 0) is 9.59 Å². The van der Waals surface area contributed by atoms with Crippen LogP contribution >= 0.6 is 0 Å². The van der Waals surface area contributed by atoms with Crippen molar-refractivity contribution < 1.29 is 24.9 Å². The predicted octanol–water partition coefficient (Wildman–Crippen LogP) is -1.28. The summed E-state index contributed by atoms with van der Waals surface area (Å²) >= 11 is 0. The number of rotatable bonds is 3. The lowest BCUT2D eigenvalue weighted by Gasteiger charge is -1.97. The Labute approximate surface area is 50.5 Å². The number of carboxylic acids is 2. The number of aliphatic hydroxyl groups excluding tert-OH is 1. The third-order valence-corrected chi connectivity index (χ3v) is 0.553. The van der Waals surface area contributed by atoms with Crippen molar-refractivity contribution in [2.75, 3.05) is 0 Å². The molecule has 0 aromatic carbocycles. The first kappa shape index (κ1) is 7.90. The van der Waals surface area contributed by atoms with Crippen LogP contribution < -0.4 is 0 Å². The number of carboxylic acid groups (broad SMARTS) is 2. The van der Waals surface area contributed by atoms with Gasteiger partial charge in [0.2, 0.25) is 0 Å². The van der Waals surface area contributed by atoms with E-state index in [2.05, 4.69) is 0 Å². The molecule has 9 heavy (non-hydrogen) atoms. The molecule has 1 unspecified atom stereocenters. The van der Waals surface area contributed by atoms with Gasteiger partial charge in [-0.25, -0.2) is 4.79 Å². The SMILES string of the molecule is O=C(O)[CH]C(O)C(=O)O. The Kier molecular flexibility index (Phi) is 2.66. The molecule has 0 bridgehead atoms. The molecule has 0 aliphatic rings. The largest absolute Gasteiger partial charge is 0.481 e. The van der Waals surface area contributed by atoms with Crippen LogP contribution in [-0.4, -0.2) is 33.4 Å². The maximum atomic E-state index is 9.69. The lowest BCUT2D eigenvalue weighted by atomic mass is 10.3. The van der Waals surface area contributed by atoms with Crippen LogP contribution in [0, 0.1) is 6.42 Å². The second-order valence-electron chi connectivity index (χ2n) is 1.29. The zero-order valence-corrected chi connectivity index (χ0v) is 4.31. The third kappa shape index (κ3) is 3.48. The molecule has 0 aliphatic carbocycles. The molecule has 3 N–H and O–H groups in total. The number of hydrogen-bond acceptors (Lipinski definition) is 3. The van der Waals surface area contributed by atoms with E-state index >= 15 is 0 Å². The highest BCUT2D eigenvalue weighted by Crippen LogP contribution is 1.87. The van der Waals surface area contributed by atoms with Crippen molar-refractivity contribution in [3.05, 3.63) is 6.42 Å². The van der Waals surface area contributed by atoms with Gasteiger partial charge in [0.25, 0.3) is 0 Å². The highest BCUT2D eigenvalue weighted by atomic mass is 16.4. The first-order chi connectivity index (χ1) is 4.04. The number of aliphatic hydroxyl groups is 1. The number of aliphatic carboxylic acids is 2. The Hall–Kier alpha value is -1.10. The molecule has 0 heterocycles. The predicted molar refractivity (Wildman–Crippen MR) is 25.6 cm³/mol. The molecular formula is C4H5O5. The van der Waals surface area contributed by atoms with Gasteiger partial charge in [0, 0.05) is 0 Å². The van der Waals surface area contributed by atoms with E-state index in [1.807, 2.05) is 0 Å². The van der Waals surface area contributed by atoms with E-state index in [4.69, 9.17) is 15.3 Å². The van der Waals surface area contributed by atoms with Gasteiger partial charge in [0.1, 0.15) is 6.42 Å². The molecule has 0 fully saturated rings. The number of carbonyl (C=O) groups is 2. The fourth-order valence-electron chi connectivity index (χ4n) is 0.206. The van der Waals surface area contributed by atoms with Crippen LogP contribution in [0.15, 0.2) is 0 Å². The summed E-state index contributed by atoms with van der Waals surface area (Å²) in [5, 5.41) is 24.0. The minimum Gasteiger partial charge on any atom is -0.481 e. The smallest absolute Gasteiger partial charge is 0.333 e. The maximum Gasteiger partial charge on any atom is 0.333 e. The van der Waals surface area contributed by atoms with Gasteiger partial charge in [0.05, 0.1) is 0 Å². The van der Waals surface area contributed by atoms with E-state index in [-0.39, 0.29) is 6.42 Å². The van der Waals surface area contributed by atoms with Crippen molar-refractivity contribution in [3.63, 3.8) is 0 Å². The van der Waals surface area contributed by atoms with Gasteiger partial charge in [-0.2, -0.15) is 0 Å². The molecule has 0 aromatic rings. The molecule has 0 saturated carbocycles. The molecule has 51 valence electrons. The van der Waals surface area contributed by atoms with E-state index in [0.29, 0.717) is 0 Å². The quantitative estimate of drug-likeness (QED) is 0.445. The average Bonchev–Trinajstić information content (AvgIpc) is 1.63. The van der Waals surface area contributed by atoms with Crippen LogP contribution in [0.1, 0.15) is 0 Å². The summed E-state index contributed by atoms with van der Waals surface area (Å²) in [7, 11) is 0. The average molecular weight is 133 g/mol. The van der Waals surface area contributed by atoms with Crippen LogP contribution in [0.2, 0.25) is 0 Å². The molecule has 0 spiro atoms. The fourth-order valence-corrected chi connectivity index (χ4v) is 0.206. The minimum atomic E-state index is -1.91. The van der Waals surface area contributed by atoms with Crippen molar-refractivity contribution in [2.24, 2.45) is 0 Å². The molecule has 5 nitrogen and oxygen atoms in total. The fraction of sp³-hybridized carbons (Fsp3) is 0.250. The summed E-state index contributed by atoms with van der Waals surface area (Å²) in [6.45, 7) is 0. The summed E-state index contributed by atoms with van der Waals surface area (Å²) in [6.07, 6.45) is -1.63. The Morgan fingerprint density at radius 1 is 1.33 bits per heavy atom. The highest BCUT2D eigenvalue weighted by molar-refractivity contribution is 5.86. The summed E-state index contributed by atoms with van der Waals surface area (Å²) in [5.41, 5.74) is 0. The standard InChI is InChI=1S/C4H5O5/c5-2(4(8)9)1-3(6)7/h1-2,5H,(H,6,7)(H,8,9). The van der Waals surface area contributed by atoms with Crippen molar-refractivity contribution in [2.45, 2.75) is 6.10 Å². The van der Waals surface area contributed by atoms with E-state index in [9.17, 15) is 9.59 Å². The first-order valence-electron chi connectivity index (χ1n) is 2.02. The van der Waals surface area contributed by atoms with Crippen molar-refractivity contribution in [3.8, 4) is 0 Å². The Bertz CT molecular complexity index is 129. The summed E-state index contributed by atoms with van der Waals surface area (Å²) in [5.74, 6) is -3.03. The van der Waals surface area contributed by atoms with Gasteiger partial charge < -0.3 is 15.3 Å². The lowest BCUT2D eigenvalue weighted by molar-refractivity contribution is -0.148. The summed E-state index contributed by atoms with van der Waals surface area (Å²) in [6, 6.07) is 0. The van der Waals surface area contributed by atoms with Crippen molar-refractivity contribution in [1.29, 1.82) is 0 Å². The molecule has 0 aromatic heterocycles. The van der Waals surface area contributed by atoms with Gasteiger partial charge in [-0.05, 0) is 0 Å². The molecule has 1 radical (unpaired) electrons. The van der Waals surface area contributed by atoms with Gasteiger partial charge in [-0.1, -0.05) is 0 Å². The van der Waals surface area contributed by atoms with Crippen LogP contribution in [0.5, 0.6) is 0 Å². The van der Waals surface area contributed by atoms with Crippen LogP contribution in [0.3, 0.4) is 0 Å². The van der Waals surface area contributed by atoms with E-state index < -0.39 is 18.0 Å². The minimum absolute atomic E-state index is 0.280. The third-order valence-electron chi connectivity index (χ3n) is 0.553. The molecule has 5 heteroatoms. The zero-order chi connectivity index (χ0) is 7.44. The summed E-state index contributed by atoms with van der Waals surface area (Å²) < 4.78 is 0. The van der Waals surface area contributed by atoms with Crippen LogP contribution in [0.25, 0.3) is 0 Å². The Morgan fingerprint density at radius 2 is 1.78 bits per heavy atom. The van der Waals surface area contributed by atoms with E-state index in [0.717, 1.165) is 0 Å². The van der Waals surface area contributed by atoms with Gasteiger partial charge in [-0.3, -0.25) is 4.79 Å². The van der Waals surface area contributed by atoms with Crippen LogP contribution in [0.4, 0.5) is 0 Å². The molecule has 0 saturated heterocycles. The van der Waals surface area contributed by atoms with E-state index in [1.165, 1.54) is 0 Å². The molecular weight excluding hydrogens is 128 g/mol. The van der Waals surface area contributed by atoms with E-state index in [1.54, 1.807) is 0 Å². The molecule has 0 aliphatic heterocycles. The van der Waals surface area contributed by atoms with Crippen molar-refractivity contribution in [1.82, 2.24) is 0 Å². The topological polar surface area (TPSA) is 94.8 Å². The van der Waals surface area contributed by atoms with Gasteiger partial charge in [-0.15, -0.1) is 0 Å². The van der Waals surface area contributed by atoms with Gasteiger partial charge in [0.15, 0.2) is 6.10 Å². The Morgan fingerprint density at radius 3 is 1.89 bits per heavy atom. The van der Waals surface area contributed by atoms with Gasteiger partial charge >= 0.3 is 11.9 Å². The maximum absolute atomic E-state index is 9.69. The molecule has 0 amide bonds. The highest BCUT2D eigenvalue weighted by Gasteiger charge is 2.16. The molecule has 0 rings (SSSR count). The summed E-state index contributed by atoms with van der Waals surface area (Å²) in [4.78, 5) is 19.3. The first-order valence-corrected chi connectivity index (χ1v) is 2.02. The zero-order valence-electron chi connectivity index (χ0n) is 4.31. The Balaban J connectivity index is 3.63.